The highest BCUT2D eigenvalue weighted by Crippen LogP contribution is 2.33. The lowest BCUT2D eigenvalue weighted by atomic mass is 9.87. The summed E-state index contributed by atoms with van der Waals surface area (Å²) >= 11 is 0. The van der Waals surface area contributed by atoms with Gasteiger partial charge in [0.1, 0.15) is 11.6 Å². The molecule has 5 heteroatoms. The van der Waals surface area contributed by atoms with E-state index in [1.54, 1.807) is 0 Å². The van der Waals surface area contributed by atoms with E-state index in [4.69, 9.17) is 0 Å². The number of hydrogen-bond acceptors (Lipinski definition) is 2. The molecule has 3 nitrogen and oxygen atoms in total. The van der Waals surface area contributed by atoms with Crippen LogP contribution >= 0.6 is 0 Å². The second kappa shape index (κ2) is 10.7. The van der Waals surface area contributed by atoms with Gasteiger partial charge in [-0.25, -0.2) is 8.78 Å². The van der Waals surface area contributed by atoms with E-state index in [1.165, 1.54) is 29.8 Å². The van der Waals surface area contributed by atoms with Crippen LogP contribution in [-0.2, 0) is 11.2 Å². The van der Waals surface area contributed by atoms with Gasteiger partial charge in [-0.05, 0) is 85.7 Å². The normalized spacial score (nSPS) is 17.1. The number of nitrogens with zero attached hydrogens (tertiary/aromatic N) is 2. The van der Waals surface area contributed by atoms with Crippen LogP contribution in [0.1, 0.15) is 54.7 Å². The Bertz CT molecular complexity index is 1090. The lowest BCUT2D eigenvalue weighted by Gasteiger charge is -2.41. The first-order valence-electron chi connectivity index (χ1n) is 12.7. The molecule has 1 saturated heterocycles. The molecule has 2 aliphatic heterocycles. The van der Waals surface area contributed by atoms with Gasteiger partial charge in [0.15, 0.2) is 0 Å². The largest absolute Gasteiger partial charge is 0.309 e. The van der Waals surface area contributed by atoms with E-state index in [-0.39, 0.29) is 29.5 Å². The molecule has 0 N–H and O–H groups in total. The highest BCUT2D eigenvalue weighted by Gasteiger charge is 2.32. The van der Waals surface area contributed by atoms with Crippen LogP contribution in [0, 0.1) is 11.6 Å². The number of amides is 1. The lowest BCUT2D eigenvalue weighted by Crippen LogP contribution is -2.49. The lowest BCUT2D eigenvalue weighted by molar-refractivity contribution is -0.119. The number of anilines is 1. The second-order valence-corrected chi connectivity index (χ2v) is 9.76. The number of likely N-dealkylation sites (tertiary alicyclic amines) is 1. The van der Waals surface area contributed by atoms with Crippen molar-refractivity contribution in [2.24, 2.45) is 0 Å². The van der Waals surface area contributed by atoms with Crippen LogP contribution in [0.4, 0.5) is 14.5 Å². The molecule has 0 unspecified atom stereocenters. The Kier molecular flexibility index (Phi) is 7.24. The Morgan fingerprint density at radius 1 is 0.800 bits per heavy atom. The van der Waals surface area contributed by atoms with Crippen LogP contribution in [0.3, 0.4) is 0 Å². The maximum absolute atomic E-state index is 13.5. The van der Waals surface area contributed by atoms with E-state index in [9.17, 15) is 13.6 Å². The SMILES string of the molecule is O=C1CCc2ccccc2N1C1CCN(CCCC(c2ccc(F)cc2)c2ccc(F)cc2)CC1. The average molecular weight is 475 g/mol. The molecule has 0 spiro atoms. The molecular weight excluding hydrogens is 442 g/mol. The van der Waals surface area contributed by atoms with E-state index < -0.39 is 0 Å². The fourth-order valence-electron chi connectivity index (χ4n) is 5.69. The number of piperidine rings is 1. The Morgan fingerprint density at radius 3 is 2.03 bits per heavy atom. The van der Waals surface area contributed by atoms with Crippen LogP contribution in [0.5, 0.6) is 0 Å². The van der Waals surface area contributed by atoms with Gasteiger partial charge < -0.3 is 9.80 Å². The summed E-state index contributed by atoms with van der Waals surface area (Å²) in [6.07, 6.45) is 5.32. The van der Waals surface area contributed by atoms with Crippen molar-refractivity contribution in [1.82, 2.24) is 4.90 Å². The van der Waals surface area contributed by atoms with Gasteiger partial charge in [0, 0.05) is 37.2 Å². The fraction of sp³-hybridized carbons (Fsp3) is 0.367. The quantitative estimate of drug-likeness (QED) is 0.400. The van der Waals surface area contributed by atoms with E-state index >= 15 is 0 Å². The topological polar surface area (TPSA) is 23.6 Å². The molecule has 2 heterocycles. The number of rotatable bonds is 7. The maximum atomic E-state index is 13.5. The Morgan fingerprint density at radius 2 is 1.40 bits per heavy atom. The minimum absolute atomic E-state index is 0.108. The highest BCUT2D eigenvalue weighted by molar-refractivity contribution is 5.97. The number of carbonyl (C=O) groups excluding carboxylic acids is 1. The summed E-state index contributed by atoms with van der Waals surface area (Å²) in [4.78, 5) is 17.3. The zero-order valence-corrected chi connectivity index (χ0v) is 20.0. The molecule has 0 radical (unpaired) electrons. The molecule has 2 aliphatic rings. The number of para-hydroxylation sites is 1. The summed E-state index contributed by atoms with van der Waals surface area (Å²) in [7, 11) is 0. The summed E-state index contributed by atoms with van der Waals surface area (Å²) in [6.45, 7) is 2.94. The molecule has 0 saturated carbocycles. The predicted octanol–water partition coefficient (Wildman–Crippen LogP) is 6.32. The van der Waals surface area contributed by atoms with Gasteiger partial charge in [0.25, 0.3) is 0 Å². The van der Waals surface area contributed by atoms with Crippen molar-refractivity contribution in [3.8, 4) is 0 Å². The van der Waals surface area contributed by atoms with Gasteiger partial charge in [-0.15, -0.1) is 0 Å². The average Bonchev–Trinajstić information content (AvgIpc) is 2.89. The van der Waals surface area contributed by atoms with Gasteiger partial charge in [0.2, 0.25) is 5.91 Å². The Balaban J connectivity index is 1.18. The molecule has 3 aromatic rings. The predicted molar refractivity (Wildman–Crippen MR) is 136 cm³/mol. The molecule has 182 valence electrons. The van der Waals surface area contributed by atoms with E-state index in [0.29, 0.717) is 6.42 Å². The van der Waals surface area contributed by atoms with E-state index in [2.05, 4.69) is 28.0 Å². The molecule has 0 aromatic heterocycles. The van der Waals surface area contributed by atoms with Crippen molar-refractivity contribution >= 4 is 11.6 Å². The first kappa shape index (κ1) is 23.7. The minimum atomic E-state index is -0.246. The highest BCUT2D eigenvalue weighted by atomic mass is 19.1. The molecule has 0 atom stereocenters. The molecular formula is C30H32F2N2O. The van der Waals surface area contributed by atoms with Gasteiger partial charge in [0.05, 0.1) is 0 Å². The van der Waals surface area contributed by atoms with E-state index in [1.807, 2.05) is 30.3 Å². The summed E-state index contributed by atoms with van der Waals surface area (Å²) in [5, 5.41) is 0. The molecule has 1 amide bonds. The monoisotopic (exact) mass is 474 g/mol. The number of benzene rings is 3. The summed E-state index contributed by atoms with van der Waals surface area (Å²) in [5.74, 6) is -0.131. The molecule has 0 bridgehead atoms. The number of fused-ring (bicyclic) bond motifs is 1. The van der Waals surface area contributed by atoms with Crippen LogP contribution in [0.25, 0.3) is 0 Å². The van der Waals surface area contributed by atoms with Crippen molar-refractivity contribution in [3.63, 3.8) is 0 Å². The number of aryl methyl sites for hydroxylation is 1. The summed E-state index contributed by atoms with van der Waals surface area (Å²) in [5.41, 5.74) is 4.49. The van der Waals surface area contributed by atoms with Crippen molar-refractivity contribution in [1.29, 1.82) is 0 Å². The minimum Gasteiger partial charge on any atom is -0.309 e. The number of hydrogen-bond donors (Lipinski definition) is 0. The molecule has 3 aromatic carbocycles. The Hall–Kier alpha value is -3.05. The number of carbonyl (C=O) groups is 1. The van der Waals surface area contributed by atoms with Gasteiger partial charge in [-0.3, -0.25) is 4.79 Å². The molecule has 0 aliphatic carbocycles. The van der Waals surface area contributed by atoms with Gasteiger partial charge in [-0.1, -0.05) is 42.5 Å². The van der Waals surface area contributed by atoms with Crippen molar-refractivity contribution in [2.45, 2.75) is 50.5 Å². The van der Waals surface area contributed by atoms with E-state index in [0.717, 1.165) is 68.6 Å². The molecule has 35 heavy (non-hydrogen) atoms. The second-order valence-electron chi connectivity index (χ2n) is 9.76. The van der Waals surface area contributed by atoms with Gasteiger partial charge >= 0.3 is 0 Å². The Labute approximate surface area is 206 Å². The van der Waals surface area contributed by atoms with Crippen LogP contribution in [-0.4, -0.2) is 36.5 Å². The van der Waals surface area contributed by atoms with Gasteiger partial charge in [-0.2, -0.15) is 0 Å². The molecule has 1 fully saturated rings. The van der Waals surface area contributed by atoms with Crippen molar-refractivity contribution in [2.75, 3.05) is 24.5 Å². The standard InChI is InChI=1S/C30H32F2N2O/c31-25-12-7-22(8-13-25)28(23-9-14-26(32)15-10-23)5-3-19-33-20-17-27(18-21-33)34-29-6-2-1-4-24(29)11-16-30(34)35/h1-2,4,6-10,12-15,27-28H,3,5,11,16-21H2. The zero-order valence-electron chi connectivity index (χ0n) is 20.0. The first-order valence-corrected chi connectivity index (χ1v) is 12.7. The smallest absolute Gasteiger partial charge is 0.227 e. The van der Waals surface area contributed by atoms with Crippen LogP contribution in [0.15, 0.2) is 72.8 Å². The third-order valence-electron chi connectivity index (χ3n) is 7.56. The summed E-state index contributed by atoms with van der Waals surface area (Å²) < 4.78 is 27.0. The first-order chi connectivity index (χ1) is 17.1. The van der Waals surface area contributed by atoms with Crippen LogP contribution < -0.4 is 4.90 Å². The van der Waals surface area contributed by atoms with Crippen LogP contribution in [0.2, 0.25) is 0 Å². The third kappa shape index (κ3) is 5.46. The number of halogens is 2. The maximum Gasteiger partial charge on any atom is 0.227 e. The fourth-order valence-corrected chi connectivity index (χ4v) is 5.69. The van der Waals surface area contributed by atoms with Crippen molar-refractivity contribution < 1.29 is 13.6 Å². The van der Waals surface area contributed by atoms with Crippen molar-refractivity contribution in [3.05, 3.63) is 101 Å². The molecule has 5 rings (SSSR count). The zero-order chi connectivity index (χ0) is 24.2. The third-order valence-corrected chi connectivity index (χ3v) is 7.56. The summed E-state index contributed by atoms with van der Waals surface area (Å²) in [6, 6.07) is 21.9.